The van der Waals surface area contributed by atoms with Crippen molar-refractivity contribution < 1.29 is 120 Å². The molecule has 0 N–H and O–H groups in total. The summed E-state index contributed by atoms with van der Waals surface area (Å²) in [5.41, 5.74) is 0. The molecule has 0 aromatic heterocycles. The van der Waals surface area contributed by atoms with Crippen LogP contribution in [0.2, 0.25) is 0 Å². The molecule has 0 aromatic rings. The Hall–Kier alpha value is 3.47. The van der Waals surface area contributed by atoms with E-state index in [0.29, 0.717) is 0 Å². The van der Waals surface area contributed by atoms with E-state index in [9.17, 15) is 0 Å². The van der Waals surface area contributed by atoms with Crippen molar-refractivity contribution in [3.8, 4) is 0 Å². The van der Waals surface area contributed by atoms with E-state index in [2.05, 4.69) is 0 Å². The van der Waals surface area contributed by atoms with Crippen LogP contribution in [0.25, 0.3) is 0 Å². The van der Waals surface area contributed by atoms with Crippen molar-refractivity contribution in [2.45, 2.75) is 0 Å². The largest absolute Gasteiger partial charge is 1.00 e. The van der Waals surface area contributed by atoms with Gasteiger partial charge in [0, 0.05) is 26.2 Å². The van der Waals surface area contributed by atoms with Crippen molar-refractivity contribution in [2.24, 2.45) is 0 Å². The molecule has 0 saturated heterocycles. The van der Waals surface area contributed by atoms with Gasteiger partial charge < -0.3 is 19.2 Å². The Labute approximate surface area is 125 Å². The summed E-state index contributed by atoms with van der Waals surface area (Å²) in [6, 6.07) is 0. The summed E-state index contributed by atoms with van der Waals surface area (Å²) < 4.78 is 8.55. The molecule has 0 radical (unpaired) electrons. The molecule has 0 fully saturated rings. The predicted octanol–water partition coefficient (Wildman–Crippen LogP) is -5.83. The van der Waals surface area contributed by atoms with Crippen LogP contribution in [0, 0.1) is 0 Å². The number of hydrogen-bond acceptors (Lipinski definition) is 4. The van der Waals surface area contributed by atoms with Gasteiger partial charge in [-0.05, 0) is 0 Å². The quantitative estimate of drug-likeness (QED) is 0.286. The molecule has 0 unspecified atom stereocenters. The number of rotatable bonds is 0. The summed E-state index contributed by atoms with van der Waals surface area (Å²) in [6.07, 6.45) is 0. The molecule has 56 valence electrons. The van der Waals surface area contributed by atoms with Gasteiger partial charge in [-0.3, -0.25) is 0 Å². The van der Waals surface area contributed by atoms with Crippen molar-refractivity contribution in [1.29, 1.82) is 0 Å². The maximum atomic E-state index is 8.55. The van der Waals surface area contributed by atoms with Gasteiger partial charge >= 0.3 is 74.3 Å². The van der Waals surface area contributed by atoms with E-state index in [1.807, 2.05) is 0 Å². The smallest absolute Gasteiger partial charge is 0.822 e. The molecule has 0 bridgehead atoms. The van der Waals surface area contributed by atoms with E-state index < -0.39 is 7.82 Å². The average Bonchev–Trinajstić information content (AvgIpc) is 0.722. The van der Waals surface area contributed by atoms with Crippen LogP contribution in [0.4, 0.5) is 0 Å². The Bertz CT molecular complexity index is 64.7. The van der Waals surface area contributed by atoms with Gasteiger partial charge in [-0.1, -0.05) is 0 Å². The van der Waals surface area contributed by atoms with Crippen LogP contribution < -0.4 is 44.2 Å². The molecule has 0 aliphatic heterocycles. The Morgan fingerprint density at radius 1 is 1.00 bits per heavy atom. The van der Waals surface area contributed by atoms with E-state index in [4.69, 9.17) is 19.2 Å². The van der Waals surface area contributed by atoms with Crippen molar-refractivity contribution >= 4 is 7.82 Å². The van der Waals surface area contributed by atoms with Crippen LogP contribution >= 0.6 is 7.82 Å². The first-order valence-electron chi connectivity index (χ1n) is 0.730. The van der Waals surface area contributed by atoms with Gasteiger partial charge in [0.05, 0.1) is 0 Å². The topological polar surface area (TPSA) is 86.2 Å². The second-order valence-electron chi connectivity index (χ2n) is 0.447. The molecule has 0 aliphatic rings. The summed E-state index contributed by atoms with van der Waals surface area (Å²) in [7, 11) is -5.39. The molecule has 0 amide bonds. The molecular weight excluding hydrogens is 425 g/mol. The van der Waals surface area contributed by atoms with Crippen LogP contribution in [0.15, 0.2) is 0 Å². The van der Waals surface area contributed by atoms with Crippen LogP contribution in [0.5, 0.6) is 0 Å². The zero-order valence-electron chi connectivity index (χ0n) is 4.18. The maximum absolute atomic E-state index is 8.55. The third-order valence-electron chi connectivity index (χ3n) is 0. The summed E-state index contributed by atoms with van der Waals surface area (Å²) in [6.45, 7) is 0. The van der Waals surface area contributed by atoms with Gasteiger partial charge in [0.25, 0.3) is 0 Å². The second kappa shape index (κ2) is 14.0. The number of phosphoric acid groups is 1. The van der Waals surface area contributed by atoms with Crippen LogP contribution in [0.1, 0.15) is 0 Å². The fraction of sp³-hybridized carbons (Fsp3) is 0. The van der Waals surface area contributed by atoms with E-state index in [-0.39, 0.29) is 101 Å². The molecule has 0 aromatic carbocycles. The molecule has 9 heavy (non-hydrogen) atoms. The molecule has 0 saturated carbocycles. The summed E-state index contributed by atoms with van der Waals surface area (Å²) in [5.74, 6) is 0. The summed E-state index contributed by atoms with van der Waals surface area (Å²) in [4.78, 5) is 25.6. The predicted molar refractivity (Wildman–Crippen MR) is 7.61 cm³/mol. The molecule has 4 nitrogen and oxygen atoms in total. The normalized spacial score (nSPS) is 6.56. The van der Waals surface area contributed by atoms with Gasteiger partial charge in [-0.15, -0.1) is 0 Å². The first-order valence-corrected chi connectivity index (χ1v) is 2.19. The van der Waals surface area contributed by atoms with Gasteiger partial charge in [-0.25, -0.2) is 0 Å². The minimum absolute atomic E-state index is 0. The Morgan fingerprint density at radius 3 is 1.00 bits per heavy atom. The van der Waals surface area contributed by atoms with Gasteiger partial charge in [0.1, 0.15) is 0 Å². The average molecular weight is 425 g/mol. The fourth-order valence-electron chi connectivity index (χ4n) is 0. The minimum atomic E-state index is -5.39. The monoisotopic (exact) mass is 422 g/mol. The van der Waals surface area contributed by atoms with Gasteiger partial charge in [0.2, 0.25) is 0 Å². The van der Waals surface area contributed by atoms with E-state index in [0.717, 1.165) is 0 Å². The van der Waals surface area contributed by atoms with Crippen LogP contribution in [-0.2, 0) is 75.5 Å². The first kappa shape index (κ1) is 29.4. The third-order valence-corrected chi connectivity index (χ3v) is 0. The SMILES string of the molecule is O=P([O-])([O-])[O-].[Ag+].[Ag+].[Na+].[Zr]. The molecular formula is Ag2NaO4PZr. The fourth-order valence-corrected chi connectivity index (χ4v) is 0. The standard InChI is InChI=1S/2Ag.Na.H3O4P.Zr/c;;;1-5(2,3)4;/h;;;(H3,1,2,3,4);/q3*+1;;/p-3. The molecule has 0 spiro atoms. The van der Waals surface area contributed by atoms with Crippen molar-refractivity contribution in [1.82, 2.24) is 0 Å². The van der Waals surface area contributed by atoms with E-state index in [1.54, 1.807) is 0 Å². The third kappa shape index (κ3) is 85.3. The summed E-state index contributed by atoms with van der Waals surface area (Å²) in [5, 5.41) is 0. The van der Waals surface area contributed by atoms with Gasteiger partial charge in [-0.2, -0.15) is 7.82 Å². The zero-order valence-corrected chi connectivity index (χ0v) is 12.5. The molecule has 9 heteroatoms. The van der Waals surface area contributed by atoms with E-state index >= 15 is 0 Å². The van der Waals surface area contributed by atoms with Crippen molar-refractivity contribution in [3.05, 3.63) is 0 Å². The van der Waals surface area contributed by atoms with Crippen LogP contribution in [0.3, 0.4) is 0 Å². The Kier molecular flexibility index (Phi) is 45.8. The summed E-state index contributed by atoms with van der Waals surface area (Å²) >= 11 is 0. The Balaban J connectivity index is -0.0000000133. The second-order valence-corrected chi connectivity index (χ2v) is 1.34. The zero-order chi connectivity index (χ0) is 4.50. The first-order chi connectivity index (χ1) is 2.00. The molecule has 0 atom stereocenters. The van der Waals surface area contributed by atoms with E-state index in [1.165, 1.54) is 0 Å². The minimum Gasteiger partial charge on any atom is -0.822 e. The van der Waals surface area contributed by atoms with Crippen molar-refractivity contribution in [3.63, 3.8) is 0 Å². The maximum Gasteiger partial charge on any atom is 1.00 e. The van der Waals surface area contributed by atoms with Gasteiger partial charge in [0.15, 0.2) is 0 Å². The van der Waals surface area contributed by atoms with Crippen LogP contribution in [-0.4, -0.2) is 0 Å². The Morgan fingerprint density at radius 2 is 1.00 bits per heavy atom. The molecule has 0 rings (SSSR count). The molecule has 0 aliphatic carbocycles. The molecule has 0 heterocycles. The number of hydrogen-bond donors (Lipinski definition) is 0. The van der Waals surface area contributed by atoms with Crippen molar-refractivity contribution in [2.75, 3.05) is 0 Å².